The number of carbonyl (C=O) groups is 1. The highest BCUT2D eigenvalue weighted by molar-refractivity contribution is 6.00. The minimum Gasteiger partial charge on any atom is -0.366 e. The highest BCUT2D eigenvalue weighted by Crippen LogP contribution is 2.35. The number of amides is 1. The fourth-order valence-corrected chi connectivity index (χ4v) is 2.84. The van der Waals surface area contributed by atoms with Crippen molar-refractivity contribution in [2.24, 2.45) is 5.73 Å². The van der Waals surface area contributed by atoms with Crippen molar-refractivity contribution in [3.05, 3.63) is 58.4 Å². The second-order valence-corrected chi connectivity index (χ2v) is 5.28. The van der Waals surface area contributed by atoms with Crippen LogP contribution in [0.3, 0.4) is 0 Å². The van der Waals surface area contributed by atoms with Crippen LogP contribution in [-0.4, -0.2) is 10.8 Å². The van der Waals surface area contributed by atoms with Crippen LogP contribution in [0.5, 0.6) is 0 Å². The van der Waals surface area contributed by atoms with E-state index in [1.54, 1.807) is 17.0 Å². The molecule has 2 aromatic carbocycles. The molecule has 0 atom stereocenters. The molecule has 0 spiro atoms. The number of nitriles is 2. The average Bonchev–Trinajstić information content (AvgIpc) is 2.97. The molecule has 2 N–H and O–H groups in total. The predicted octanol–water partition coefficient (Wildman–Crippen LogP) is 2.26. The summed E-state index contributed by atoms with van der Waals surface area (Å²) < 4.78 is 13.4. The van der Waals surface area contributed by atoms with Crippen LogP contribution in [0, 0.1) is 28.6 Å². The van der Waals surface area contributed by atoms with Crippen molar-refractivity contribution < 1.29 is 9.18 Å². The lowest BCUT2D eigenvalue weighted by Gasteiger charge is -2.12. The van der Waals surface area contributed by atoms with Crippen LogP contribution in [0.4, 0.5) is 4.39 Å². The molecule has 0 aliphatic carbocycles. The second kappa shape index (κ2) is 5.43. The van der Waals surface area contributed by atoms with Gasteiger partial charge in [0.2, 0.25) is 5.91 Å². The van der Waals surface area contributed by atoms with Gasteiger partial charge in [0.05, 0.1) is 24.7 Å². The first kappa shape index (κ1) is 14.6. The van der Waals surface area contributed by atoms with Crippen molar-refractivity contribution >= 4 is 5.91 Å². The molecule has 1 amide bonds. The first-order valence-electron chi connectivity index (χ1n) is 6.83. The number of hydrogen-bond donors (Lipinski definition) is 1. The SMILES string of the molecule is N#Cc1cc2c(c(-c3ccc(F)cc3C(N)=O)c1)CN(C#N)C2. The highest BCUT2D eigenvalue weighted by atomic mass is 19.1. The third-order valence-electron chi connectivity index (χ3n) is 3.86. The molecule has 6 heteroatoms. The number of hydrogen-bond acceptors (Lipinski definition) is 4. The molecule has 0 bridgehead atoms. The first-order valence-corrected chi connectivity index (χ1v) is 6.83. The monoisotopic (exact) mass is 306 g/mol. The van der Waals surface area contributed by atoms with Crippen LogP contribution in [-0.2, 0) is 13.1 Å². The molecule has 0 saturated heterocycles. The zero-order chi connectivity index (χ0) is 16.6. The molecule has 1 aliphatic heterocycles. The van der Waals surface area contributed by atoms with Crippen molar-refractivity contribution in [2.45, 2.75) is 13.1 Å². The standard InChI is InChI=1S/C17H11FN4O/c18-12-1-2-13(15(5-12)17(21)23)14-4-10(6-19)3-11-7-22(9-20)8-16(11)14/h1-5H,7-8H2,(H2,21,23). The Hall–Kier alpha value is -3.38. The summed E-state index contributed by atoms with van der Waals surface area (Å²) >= 11 is 0. The fourth-order valence-electron chi connectivity index (χ4n) is 2.84. The van der Waals surface area contributed by atoms with Gasteiger partial charge in [0.25, 0.3) is 0 Å². The van der Waals surface area contributed by atoms with E-state index >= 15 is 0 Å². The summed E-state index contributed by atoms with van der Waals surface area (Å²) in [5.41, 5.74) is 8.61. The number of primary amides is 1. The maximum absolute atomic E-state index is 13.4. The van der Waals surface area contributed by atoms with Gasteiger partial charge in [0.1, 0.15) is 5.82 Å². The van der Waals surface area contributed by atoms with E-state index < -0.39 is 11.7 Å². The lowest BCUT2D eigenvalue weighted by atomic mass is 9.91. The fraction of sp³-hybridized carbons (Fsp3) is 0.118. The van der Waals surface area contributed by atoms with Gasteiger partial charge in [-0.2, -0.15) is 10.5 Å². The summed E-state index contributed by atoms with van der Waals surface area (Å²) in [7, 11) is 0. The van der Waals surface area contributed by atoms with Gasteiger partial charge in [-0.1, -0.05) is 6.07 Å². The van der Waals surface area contributed by atoms with Crippen molar-refractivity contribution in [2.75, 3.05) is 0 Å². The Labute approximate surface area is 132 Å². The smallest absolute Gasteiger partial charge is 0.249 e. The Morgan fingerprint density at radius 3 is 2.61 bits per heavy atom. The van der Waals surface area contributed by atoms with Crippen molar-refractivity contribution in [1.82, 2.24) is 4.90 Å². The van der Waals surface area contributed by atoms with Gasteiger partial charge < -0.3 is 10.6 Å². The Bertz CT molecular complexity index is 908. The molecular weight excluding hydrogens is 295 g/mol. The molecule has 0 unspecified atom stereocenters. The minimum absolute atomic E-state index is 0.0534. The third-order valence-corrected chi connectivity index (χ3v) is 3.86. The molecule has 1 heterocycles. The summed E-state index contributed by atoms with van der Waals surface area (Å²) in [4.78, 5) is 13.2. The van der Waals surface area contributed by atoms with E-state index in [9.17, 15) is 14.4 Å². The Morgan fingerprint density at radius 2 is 1.96 bits per heavy atom. The van der Waals surface area contributed by atoms with Gasteiger partial charge in [-0.15, -0.1) is 0 Å². The van der Waals surface area contributed by atoms with E-state index in [0.717, 1.165) is 17.2 Å². The topological polar surface area (TPSA) is 93.9 Å². The van der Waals surface area contributed by atoms with Crippen molar-refractivity contribution in [3.63, 3.8) is 0 Å². The summed E-state index contributed by atoms with van der Waals surface area (Å²) in [5.74, 6) is -1.31. The normalized spacial score (nSPS) is 12.4. The minimum atomic E-state index is -0.745. The molecule has 2 aromatic rings. The van der Waals surface area contributed by atoms with E-state index in [1.807, 2.05) is 0 Å². The van der Waals surface area contributed by atoms with Gasteiger partial charge in [-0.25, -0.2) is 4.39 Å². The number of nitrogens with two attached hydrogens (primary N) is 1. The molecule has 0 radical (unpaired) electrons. The molecule has 23 heavy (non-hydrogen) atoms. The van der Waals surface area contributed by atoms with Gasteiger partial charge in [-0.05, 0) is 46.5 Å². The van der Waals surface area contributed by atoms with Gasteiger partial charge in [0.15, 0.2) is 6.19 Å². The molecule has 0 aromatic heterocycles. The molecule has 3 rings (SSSR count). The molecular formula is C17H11FN4O. The van der Waals surface area contributed by atoms with E-state index in [2.05, 4.69) is 12.3 Å². The van der Waals surface area contributed by atoms with Crippen molar-refractivity contribution in [1.29, 1.82) is 10.5 Å². The molecule has 1 aliphatic rings. The molecule has 112 valence electrons. The molecule has 0 saturated carbocycles. The van der Waals surface area contributed by atoms with Gasteiger partial charge in [-0.3, -0.25) is 4.79 Å². The number of benzene rings is 2. The summed E-state index contributed by atoms with van der Waals surface area (Å²) in [6, 6.07) is 9.23. The van der Waals surface area contributed by atoms with Crippen molar-refractivity contribution in [3.8, 4) is 23.4 Å². The average molecular weight is 306 g/mol. The van der Waals surface area contributed by atoms with Crippen LogP contribution >= 0.6 is 0 Å². The summed E-state index contributed by atoms with van der Waals surface area (Å²) in [5, 5.41) is 18.3. The van der Waals surface area contributed by atoms with Crippen LogP contribution in [0.1, 0.15) is 27.0 Å². The van der Waals surface area contributed by atoms with Gasteiger partial charge >= 0.3 is 0 Å². The van der Waals surface area contributed by atoms with E-state index in [-0.39, 0.29) is 5.56 Å². The highest BCUT2D eigenvalue weighted by Gasteiger charge is 2.24. The summed E-state index contributed by atoms with van der Waals surface area (Å²) in [6.45, 7) is 0.782. The van der Waals surface area contributed by atoms with Crippen LogP contribution in [0.15, 0.2) is 30.3 Å². The van der Waals surface area contributed by atoms with Gasteiger partial charge in [0, 0.05) is 5.56 Å². The van der Waals surface area contributed by atoms with E-state index in [0.29, 0.717) is 29.8 Å². The predicted molar refractivity (Wildman–Crippen MR) is 79.9 cm³/mol. The number of rotatable bonds is 2. The molecule has 5 nitrogen and oxygen atoms in total. The first-order chi connectivity index (χ1) is 11.0. The maximum atomic E-state index is 13.4. The number of carbonyl (C=O) groups excluding carboxylic acids is 1. The zero-order valence-electron chi connectivity index (χ0n) is 12.0. The van der Waals surface area contributed by atoms with Crippen LogP contribution < -0.4 is 5.73 Å². The maximum Gasteiger partial charge on any atom is 0.249 e. The lowest BCUT2D eigenvalue weighted by molar-refractivity contribution is 0.100. The quantitative estimate of drug-likeness (QED) is 0.861. The third kappa shape index (κ3) is 2.47. The Balaban J connectivity index is 2.27. The molecule has 0 fully saturated rings. The Kier molecular flexibility index (Phi) is 3.44. The largest absolute Gasteiger partial charge is 0.366 e. The lowest BCUT2D eigenvalue weighted by Crippen LogP contribution is -2.13. The van der Waals surface area contributed by atoms with E-state index in [4.69, 9.17) is 11.0 Å². The number of halogens is 1. The van der Waals surface area contributed by atoms with Crippen LogP contribution in [0.25, 0.3) is 11.1 Å². The summed E-state index contributed by atoms with van der Waals surface area (Å²) in [6.07, 6.45) is 2.07. The number of fused-ring (bicyclic) bond motifs is 1. The second-order valence-electron chi connectivity index (χ2n) is 5.28. The van der Waals surface area contributed by atoms with Crippen LogP contribution in [0.2, 0.25) is 0 Å². The zero-order valence-corrected chi connectivity index (χ0v) is 12.0. The number of nitrogens with zero attached hydrogens (tertiary/aromatic N) is 3. The van der Waals surface area contributed by atoms with E-state index in [1.165, 1.54) is 12.1 Å². The Morgan fingerprint density at radius 1 is 1.17 bits per heavy atom.